The summed E-state index contributed by atoms with van der Waals surface area (Å²) in [4.78, 5) is 9.57. The summed E-state index contributed by atoms with van der Waals surface area (Å²) in [6.45, 7) is 0. The van der Waals surface area contributed by atoms with Crippen LogP contribution in [0.15, 0.2) is 30.3 Å². The van der Waals surface area contributed by atoms with Crippen LogP contribution in [0.3, 0.4) is 0 Å². The summed E-state index contributed by atoms with van der Waals surface area (Å²) >= 11 is 5.82. The molecule has 0 bridgehead atoms. The van der Waals surface area contributed by atoms with Gasteiger partial charge in [0.05, 0.1) is 7.11 Å². The van der Waals surface area contributed by atoms with Gasteiger partial charge in [0.15, 0.2) is 0 Å². The van der Waals surface area contributed by atoms with E-state index in [1.165, 1.54) is 7.11 Å². The lowest BCUT2D eigenvalue weighted by Gasteiger charge is -2.18. The standard InChI is InChI=1S/C9H10ClNO2/c1-13-8(12)9(10,11)7-5-3-2-4-6-7/h2-6H,11H2,1H3. The number of halogens is 1. The maximum Gasteiger partial charge on any atom is 0.346 e. The average Bonchev–Trinajstić information content (AvgIpc) is 2.18. The second kappa shape index (κ2) is 3.77. The van der Waals surface area contributed by atoms with E-state index in [0.29, 0.717) is 5.56 Å². The molecule has 0 aliphatic rings. The molecule has 0 saturated carbocycles. The Labute approximate surface area is 81.4 Å². The minimum atomic E-state index is -1.59. The fraction of sp³-hybridized carbons (Fsp3) is 0.222. The van der Waals surface area contributed by atoms with Crippen LogP contribution in [0.5, 0.6) is 0 Å². The quantitative estimate of drug-likeness (QED) is 0.443. The van der Waals surface area contributed by atoms with Crippen LogP contribution in [0.4, 0.5) is 0 Å². The van der Waals surface area contributed by atoms with Crippen molar-refractivity contribution in [2.75, 3.05) is 7.11 Å². The van der Waals surface area contributed by atoms with Crippen molar-refractivity contribution in [3.05, 3.63) is 35.9 Å². The average molecular weight is 200 g/mol. The largest absolute Gasteiger partial charge is 0.466 e. The normalized spacial score (nSPS) is 14.7. The van der Waals surface area contributed by atoms with Gasteiger partial charge in [-0.1, -0.05) is 41.9 Å². The number of nitrogens with two attached hydrogens (primary N) is 1. The van der Waals surface area contributed by atoms with Gasteiger partial charge in [0, 0.05) is 0 Å². The van der Waals surface area contributed by atoms with Crippen molar-refractivity contribution < 1.29 is 9.53 Å². The summed E-state index contributed by atoms with van der Waals surface area (Å²) in [5.41, 5.74) is 6.10. The Morgan fingerprint density at radius 2 is 2.00 bits per heavy atom. The van der Waals surface area contributed by atoms with Gasteiger partial charge in [-0.05, 0) is 5.56 Å². The summed E-state index contributed by atoms with van der Waals surface area (Å²) < 4.78 is 4.47. The van der Waals surface area contributed by atoms with E-state index in [0.717, 1.165) is 0 Å². The van der Waals surface area contributed by atoms with Crippen molar-refractivity contribution in [3.8, 4) is 0 Å². The number of esters is 1. The molecule has 0 heterocycles. The van der Waals surface area contributed by atoms with Crippen LogP contribution in [0.2, 0.25) is 0 Å². The second-order valence-electron chi connectivity index (χ2n) is 2.57. The van der Waals surface area contributed by atoms with Crippen LogP contribution in [-0.4, -0.2) is 13.1 Å². The molecule has 70 valence electrons. The molecule has 0 spiro atoms. The number of ether oxygens (including phenoxy) is 1. The van der Waals surface area contributed by atoms with Gasteiger partial charge in [-0.2, -0.15) is 0 Å². The number of hydrogen-bond acceptors (Lipinski definition) is 3. The van der Waals surface area contributed by atoms with E-state index >= 15 is 0 Å². The van der Waals surface area contributed by atoms with Crippen molar-refractivity contribution in [1.29, 1.82) is 0 Å². The highest BCUT2D eigenvalue weighted by Crippen LogP contribution is 2.23. The molecule has 0 radical (unpaired) electrons. The summed E-state index contributed by atoms with van der Waals surface area (Å²) in [5.74, 6) is -0.666. The number of benzene rings is 1. The number of hydrogen-bond donors (Lipinski definition) is 1. The van der Waals surface area contributed by atoms with Crippen LogP contribution in [0.25, 0.3) is 0 Å². The van der Waals surface area contributed by atoms with Crippen LogP contribution < -0.4 is 5.73 Å². The third kappa shape index (κ3) is 1.99. The number of rotatable bonds is 2. The topological polar surface area (TPSA) is 52.3 Å². The molecule has 4 heteroatoms. The fourth-order valence-corrected chi connectivity index (χ4v) is 1.15. The van der Waals surface area contributed by atoms with Gasteiger partial charge in [0.1, 0.15) is 0 Å². The van der Waals surface area contributed by atoms with Crippen molar-refractivity contribution in [3.63, 3.8) is 0 Å². The van der Waals surface area contributed by atoms with Crippen LogP contribution in [0, 0.1) is 0 Å². The Kier molecular flexibility index (Phi) is 2.90. The molecule has 0 aromatic heterocycles. The number of methoxy groups -OCH3 is 1. The van der Waals surface area contributed by atoms with Gasteiger partial charge in [-0.3, -0.25) is 5.73 Å². The Balaban J connectivity index is 3.00. The van der Waals surface area contributed by atoms with Gasteiger partial charge < -0.3 is 4.74 Å². The molecule has 1 rings (SSSR count). The maximum atomic E-state index is 11.2. The molecule has 0 aliphatic heterocycles. The first-order chi connectivity index (χ1) is 6.09. The lowest BCUT2D eigenvalue weighted by atomic mass is 10.1. The first-order valence-corrected chi connectivity index (χ1v) is 4.08. The third-order valence-electron chi connectivity index (χ3n) is 1.68. The van der Waals surface area contributed by atoms with Crippen molar-refractivity contribution in [2.24, 2.45) is 5.73 Å². The molecule has 0 aliphatic carbocycles. The molecule has 1 aromatic carbocycles. The lowest BCUT2D eigenvalue weighted by molar-refractivity contribution is -0.144. The minimum absolute atomic E-state index is 0.517. The van der Waals surface area contributed by atoms with Gasteiger partial charge >= 0.3 is 5.97 Å². The lowest BCUT2D eigenvalue weighted by Crippen LogP contribution is -2.40. The van der Waals surface area contributed by atoms with E-state index in [9.17, 15) is 4.79 Å². The monoisotopic (exact) mass is 199 g/mol. The first-order valence-electron chi connectivity index (χ1n) is 3.70. The predicted octanol–water partition coefficient (Wildman–Crippen LogP) is 1.21. The van der Waals surface area contributed by atoms with Crippen LogP contribution in [-0.2, 0) is 14.5 Å². The van der Waals surface area contributed by atoms with Crippen LogP contribution in [0.1, 0.15) is 5.56 Å². The number of carbonyl (C=O) groups excluding carboxylic acids is 1. The molecule has 2 N–H and O–H groups in total. The third-order valence-corrected chi connectivity index (χ3v) is 2.05. The predicted molar refractivity (Wildman–Crippen MR) is 50.2 cm³/mol. The zero-order valence-corrected chi connectivity index (χ0v) is 7.91. The Bertz CT molecular complexity index is 298. The summed E-state index contributed by atoms with van der Waals surface area (Å²) in [6.07, 6.45) is 0. The molecule has 1 aromatic rings. The molecule has 0 amide bonds. The molecule has 0 saturated heterocycles. The molecule has 1 unspecified atom stereocenters. The van der Waals surface area contributed by atoms with Gasteiger partial charge in [0.2, 0.25) is 5.00 Å². The Hall–Kier alpha value is -1.06. The zero-order chi connectivity index (χ0) is 9.90. The first kappa shape index (κ1) is 10.0. The van der Waals surface area contributed by atoms with Crippen LogP contribution >= 0.6 is 11.6 Å². The van der Waals surface area contributed by atoms with E-state index < -0.39 is 11.0 Å². The minimum Gasteiger partial charge on any atom is -0.466 e. The van der Waals surface area contributed by atoms with E-state index in [1.807, 2.05) is 6.07 Å². The smallest absolute Gasteiger partial charge is 0.346 e. The Morgan fingerprint density at radius 3 is 2.46 bits per heavy atom. The summed E-state index contributed by atoms with van der Waals surface area (Å²) in [6, 6.07) is 8.66. The Morgan fingerprint density at radius 1 is 1.46 bits per heavy atom. The van der Waals surface area contributed by atoms with E-state index in [-0.39, 0.29) is 0 Å². The summed E-state index contributed by atoms with van der Waals surface area (Å²) in [7, 11) is 1.25. The summed E-state index contributed by atoms with van der Waals surface area (Å²) in [5, 5.41) is 0. The highest BCUT2D eigenvalue weighted by molar-refractivity contribution is 6.33. The van der Waals surface area contributed by atoms with E-state index in [1.54, 1.807) is 24.3 Å². The van der Waals surface area contributed by atoms with Crippen molar-refractivity contribution >= 4 is 17.6 Å². The highest BCUT2D eigenvalue weighted by atomic mass is 35.5. The maximum absolute atomic E-state index is 11.2. The molecule has 1 atom stereocenters. The van der Waals surface area contributed by atoms with Gasteiger partial charge in [-0.25, -0.2) is 4.79 Å². The van der Waals surface area contributed by atoms with E-state index in [2.05, 4.69) is 4.74 Å². The number of alkyl halides is 1. The molecule has 13 heavy (non-hydrogen) atoms. The van der Waals surface area contributed by atoms with Crippen molar-refractivity contribution in [2.45, 2.75) is 5.00 Å². The fourth-order valence-electron chi connectivity index (χ4n) is 0.947. The highest BCUT2D eigenvalue weighted by Gasteiger charge is 2.34. The molecular weight excluding hydrogens is 190 g/mol. The van der Waals surface area contributed by atoms with E-state index in [4.69, 9.17) is 17.3 Å². The zero-order valence-electron chi connectivity index (χ0n) is 7.16. The number of carbonyl (C=O) groups is 1. The van der Waals surface area contributed by atoms with Gasteiger partial charge in [0.25, 0.3) is 0 Å². The van der Waals surface area contributed by atoms with Crippen molar-refractivity contribution in [1.82, 2.24) is 0 Å². The SMILES string of the molecule is COC(=O)C(N)(Cl)c1ccccc1. The second-order valence-corrected chi connectivity index (χ2v) is 3.17. The molecule has 3 nitrogen and oxygen atoms in total. The molecule has 0 fully saturated rings. The van der Waals surface area contributed by atoms with Gasteiger partial charge in [-0.15, -0.1) is 0 Å². The molecular formula is C9H10ClNO2.